The van der Waals surface area contributed by atoms with E-state index in [0.29, 0.717) is 16.5 Å². The topological polar surface area (TPSA) is 64.9 Å². The van der Waals surface area contributed by atoms with Crippen LogP contribution in [0.25, 0.3) is 22.8 Å². The first-order chi connectivity index (χ1) is 9.63. The SMILES string of the molecule is Nc1ccc(F)c(-c2nc(-c3ccc(Cl)cc3)no2)c1. The summed E-state index contributed by atoms with van der Waals surface area (Å²) in [5.74, 6) is -0.0243. The Kier molecular flexibility index (Phi) is 3.12. The minimum absolute atomic E-state index is 0.0831. The molecule has 0 saturated carbocycles. The van der Waals surface area contributed by atoms with Gasteiger partial charge in [0.05, 0.1) is 5.56 Å². The molecule has 1 heterocycles. The maximum Gasteiger partial charge on any atom is 0.261 e. The molecule has 0 atom stereocenters. The second-order valence-electron chi connectivity index (χ2n) is 4.17. The fourth-order valence-corrected chi connectivity index (χ4v) is 1.88. The van der Waals surface area contributed by atoms with Crippen molar-refractivity contribution in [1.82, 2.24) is 10.1 Å². The molecule has 3 rings (SSSR count). The Morgan fingerprint density at radius 1 is 1.10 bits per heavy atom. The molecule has 0 radical (unpaired) electrons. The van der Waals surface area contributed by atoms with Crippen LogP contribution < -0.4 is 5.73 Å². The third-order valence-corrected chi connectivity index (χ3v) is 3.00. The average Bonchev–Trinajstić information content (AvgIpc) is 2.92. The normalized spacial score (nSPS) is 10.7. The summed E-state index contributed by atoms with van der Waals surface area (Å²) in [5.41, 5.74) is 6.96. The third-order valence-electron chi connectivity index (χ3n) is 2.75. The van der Waals surface area contributed by atoms with Crippen molar-refractivity contribution in [2.75, 3.05) is 5.73 Å². The number of halogens is 2. The molecule has 0 aliphatic heterocycles. The van der Waals surface area contributed by atoms with Crippen LogP contribution in [-0.4, -0.2) is 10.1 Å². The van der Waals surface area contributed by atoms with Crippen molar-refractivity contribution < 1.29 is 8.91 Å². The van der Waals surface area contributed by atoms with Crippen LogP contribution in [0.5, 0.6) is 0 Å². The second-order valence-corrected chi connectivity index (χ2v) is 4.61. The van der Waals surface area contributed by atoms with E-state index in [4.69, 9.17) is 21.9 Å². The molecule has 20 heavy (non-hydrogen) atoms. The standard InChI is InChI=1S/C14H9ClFN3O/c15-9-3-1-8(2-4-9)13-18-14(20-19-13)11-7-10(17)5-6-12(11)16/h1-7H,17H2. The van der Waals surface area contributed by atoms with Crippen LogP contribution in [0.3, 0.4) is 0 Å². The Labute approximate surface area is 119 Å². The molecule has 0 saturated heterocycles. The van der Waals surface area contributed by atoms with Gasteiger partial charge in [-0.2, -0.15) is 4.98 Å². The van der Waals surface area contributed by atoms with Crippen molar-refractivity contribution in [2.24, 2.45) is 0 Å². The second kappa shape index (κ2) is 4.94. The highest BCUT2D eigenvalue weighted by Gasteiger charge is 2.14. The van der Waals surface area contributed by atoms with Crippen LogP contribution in [0, 0.1) is 5.82 Å². The van der Waals surface area contributed by atoms with E-state index in [1.807, 2.05) is 0 Å². The number of rotatable bonds is 2. The van der Waals surface area contributed by atoms with Crippen molar-refractivity contribution in [3.8, 4) is 22.8 Å². The molecule has 3 aromatic rings. The van der Waals surface area contributed by atoms with Crippen molar-refractivity contribution in [2.45, 2.75) is 0 Å². The van der Waals surface area contributed by atoms with E-state index in [9.17, 15) is 4.39 Å². The van der Waals surface area contributed by atoms with E-state index in [2.05, 4.69) is 10.1 Å². The summed E-state index contributed by atoms with van der Waals surface area (Å²) in [6.45, 7) is 0. The smallest absolute Gasteiger partial charge is 0.261 e. The van der Waals surface area contributed by atoms with E-state index >= 15 is 0 Å². The lowest BCUT2D eigenvalue weighted by molar-refractivity contribution is 0.429. The number of hydrogen-bond donors (Lipinski definition) is 1. The van der Waals surface area contributed by atoms with Gasteiger partial charge >= 0.3 is 0 Å². The number of nitrogens with zero attached hydrogens (tertiary/aromatic N) is 2. The van der Waals surface area contributed by atoms with Crippen molar-refractivity contribution >= 4 is 17.3 Å². The van der Waals surface area contributed by atoms with Gasteiger partial charge in [-0.1, -0.05) is 16.8 Å². The molecule has 0 fully saturated rings. The summed E-state index contributed by atoms with van der Waals surface area (Å²) in [6, 6.07) is 11.1. The molecule has 100 valence electrons. The van der Waals surface area contributed by atoms with Gasteiger partial charge in [0.25, 0.3) is 5.89 Å². The first-order valence-electron chi connectivity index (χ1n) is 5.78. The molecule has 0 unspecified atom stereocenters. The number of anilines is 1. The number of aromatic nitrogens is 2. The third kappa shape index (κ3) is 2.35. The van der Waals surface area contributed by atoms with Crippen LogP contribution in [0.15, 0.2) is 47.0 Å². The van der Waals surface area contributed by atoms with Crippen LogP contribution in [-0.2, 0) is 0 Å². The zero-order valence-electron chi connectivity index (χ0n) is 10.2. The maximum absolute atomic E-state index is 13.7. The summed E-state index contributed by atoms with van der Waals surface area (Å²) in [4.78, 5) is 4.17. The highest BCUT2D eigenvalue weighted by Crippen LogP contribution is 2.26. The Bertz CT molecular complexity index is 755. The van der Waals surface area contributed by atoms with Gasteiger partial charge in [0, 0.05) is 16.3 Å². The minimum Gasteiger partial charge on any atom is -0.399 e. The van der Waals surface area contributed by atoms with Gasteiger partial charge in [-0.25, -0.2) is 4.39 Å². The van der Waals surface area contributed by atoms with Gasteiger partial charge in [-0.15, -0.1) is 0 Å². The molecular formula is C14H9ClFN3O. The average molecular weight is 290 g/mol. The number of nitrogen functional groups attached to an aromatic ring is 1. The van der Waals surface area contributed by atoms with Crippen molar-refractivity contribution in [1.29, 1.82) is 0 Å². The Morgan fingerprint density at radius 2 is 1.85 bits per heavy atom. The first kappa shape index (κ1) is 12.6. The zero-order chi connectivity index (χ0) is 14.1. The number of nitrogens with two attached hydrogens (primary N) is 1. The molecule has 2 aromatic carbocycles. The Balaban J connectivity index is 2.01. The minimum atomic E-state index is -0.467. The van der Waals surface area contributed by atoms with Crippen LogP contribution in [0.2, 0.25) is 5.02 Å². The van der Waals surface area contributed by atoms with E-state index in [1.165, 1.54) is 18.2 Å². The molecule has 0 amide bonds. The molecule has 0 bridgehead atoms. The molecule has 6 heteroatoms. The predicted molar refractivity (Wildman–Crippen MR) is 74.6 cm³/mol. The van der Waals surface area contributed by atoms with E-state index in [0.717, 1.165) is 5.56 Å². The lowest BCUT2D eigenvalue weighted by Gasteiger charge is -1.98. The van der Waals surface area contributed by atoms with E-state index < -0.39 is 5.82 Å². The zero-order valence-corrected chi connectivity index (χ0v) is 10.9. The number of benzene rings is 2. The summed E-state index contributed by atoms with van der Waals surface area (Å²) < 4.78 is 18.8. The molecule has 0 aliphatic rings. The van der Waals surface area contributed by atoms with Crippen molar-refractivity contribution in [3.05, 3.63) is 53.3 Å². The Morgan fingerprint density at radius 3 is 2.60 bits per heavy atom. The quantitative estimate of drug-likeness (QED) is 0.729. The first-order valence-corrected chi connectivity index (χ1v) is 6.16. The number of hydrogen-bond acceptors (Lipinski definition) is 4. The van der Waals surface area contributed by atoms with Gasteiger partial charge in [-0.05, 0) is 42.5 Å². The van der Waals surface area contributed by atoms with Gasteiger partial charge in [0.15, 0.2) is 0 Å². The van der Waals surface area contributed by atoms with Crippen molar-refractivity contribution in [3.63, 3.8) is 0 Å². The fourth-order valence-electron chi connectivity index (χ4n) is 1.76. The van der Waals surface area contributed by atoms with Gasteiger partial charge in [0.1, 0.15) is 5.82 Å². The maximum atomic E-state index is 13.7. The summed E-state index contributed by atoms with van der Waals surface area (Å²) >= 11 is 5.81. The van der Waals surface area contributed by atoms with E-state index in [1.54, 1.807) is 24.3 Å². The predicted octanol–water partition coefficient (Wildman–Crippen LogP) is 3.78. The molecular weight excluding hydrogens is 281 g/mol. The monoisotopic (exact) mass is 289 g/mol. The van der Waals surface area contributed by atoms with Crippen LogP contribution >= 0.6 is 11.6 Å². The Hall–Kier alpha value is -2.40. The fraction of sp³-hybridized carbons (Fsp3) is 0. The van der Waals surface area contributed by atoms with Crippen LogP contribution in [0.4, 0.5) is 10.1 Å². The van der Waals surface area contributed by atoms with Gasteiger partial charge < -0.3 is 10.3 Å². The van der Waals surface area contributed by atoms with Crippen LogP contribution in [0.1, 0.15) is 0 Å². The lowest BCUT2D eigenvalue weighted by Crippen LogP contribution is -1.89. The molecule has 4 nitrogen and oxygen atoms in total. The lowest BCUT2D eigenvalue weighted by atomic mass is 10.2. The molecule has 0 spiro atoms. The van der Waals surface area contributed by atoms with Gasteiger partial charge in [-0.3, -0.25) is 0 Å². The largest absolute Gasteiger partial charge is 0.399 e. The van der Waals surface area contributed by atoms with E-state index in [-0.39, 0.29) is 11.5 Å². The highest BCUT2D eigenvalue weighted by molar-refractivity contribution is 6.30. The summed E-state index contributed by atoms with van der Waals surface area (Å²) in [5, 5.41) is 4.44. The molecule has 0 aliphatic carbocycles. The highest BCUT2D eigenvalue weighted by atomic mass is 35.5. The molecule has 1 aromatic heterocycles. The summed E-state index contributed by atoms with van der Waals surface area (Å²) in [7, 11) is 0. The summed E-state index contributed by atoms with van der Waals surface area (Å²) in [6.07, 6.45) is 0. The molecule has 2 N–H and O–H groups in total. The van der Waals surface area contributed by atoms with Gasteiger partial charge in [0.2, 0.25) is 5.82 Å².